The number of rotatable bonds is 8. The summed E-state index contributed by atoms with van der Waals surface area (Å²) in [6.07, 6.45) is 1.29. The van der Waals surface area contributed by atoms with Gasteiger partial charge in [0, 0.05) is 33.2 Å². The zero-order valence-electron chi connectivity index (χ0n) is 12.7. The van der Waals surface area contributed by atoms with E-state index in [1.54, 1.807) is 11.8 Å². The first-order valence-electron chi connectivity index (χ1n) is 7.35. The van der Waals surface area contributed by atoms with Crippen molar-refractivity contribution in [3.8, 4) is 0 Å². The van der Waals surface area contributed by atoms with Crippen LogP contribution in [0.1, 0.15) is 33.1 Å². The van der Waals surface area contributed by atoms with Crippen LogP contribution in [-0.4, -0.2) is 61.6 Å². The molecule has 2 amide bonds. The Kier molecular flexibility index (Phi) is 7.74. The van der Waals surface area contributed by atoms with Gasteiger partial charge in [0.2, 0.25) is 5.91 Å². The molecule has 1 saturated heterocycles. The second kappa shape index (κ2) is 9.33. The molecule has 0 radical (unpaired) electrons. The number of nitrogens with zero attached hydrogens (tertiary/aromatic N) is 1. The fourth-order valence-electron chi connectivity index (χ4n) is 2.13. The summed E-state index contributed by atoms with van der Waals surface area (Å²) in [5.41, 5.74) is 0. The maximum absolute atomic E-state index is 12.3. The summed E-state index contributed by atoms with van der Waals surface area (Å²) >= 11 is 0. The largest absolute Gasteiger partial charge is 0.466 e. The Morgan fingerprint density at radius 3 is 2.67 bits per heavy atom. The molecule has 1 heterocycles. The lowest BCUT2D eigenvalue weighted by Gasteiger charge is -2.25. The van der Waals surface area contributed by atoms with Crippen LogP contribution in [0.4, 0.5) is 0 Å². The van der Waals surface area contributed by atoms with Crippen molar-refractivity contribution in [1.82, 2.24) is 10.2 Å². The summed E-state index contributed by atoms with van der Waals surface area (Å²) in [6, 6.07) is 0. The second-order valence-corrected chi connectivity index (χ2v) is 4.86. The van der Waals surface area contributed by atoms with Crippen LogP contribution in [0.15, 0.2) is 0 Å². The van der Waals surface area contributed by atoms with Gasteiger partial charge in [-0.1, -0.05) is 0 Å². The Balaban J connectivity index is 2.49. The van der Waals surface area contributed by atoms with Crippen LogP contribution in [0.2, 0.25) is 0 Å². The van der Waals surface area contributed by atoms with Gasteiger partial charge in [0.25, 0.3) is 5.91 Å². The molecular weight excluding hydrogens is 276 g/mol. The molecule has 0 aromatic carbocycles. The fraction of sp³-hybridized carbons (Fsp3) is 0.786. The monoisotopic (exact) mass is 300 g/mol. The number of hydrogen-bond donors (Lipinski definition) is 1. The molecule has 7 nitrogen and oxygen atoms in total. The van der Waals surface area contributed by atoms with E-state index in [0.717, 1.165) is 6.42 Å². The molecule has 1 aliphatic rings. The highest BCUT2D eigenvalue weighted by Crippen LogP contribution is 2.15. The highest BCUT2D eigenvalue weighted by atomic mass is 16.5. The van der Waals surface area contributed by atoms with E-state index in [1.807, 2.05) is 0 Å². The van der Waals surface area contributed by atoms with Crippen LogP contribution in [-0.2, 0) is 23.9 Å². The van der Waals surface area contributed by atoms with Gasteiger partial charge in [-0.15, -0.1) is 0 Å². The molecular formula is C14H24N2O5. The summed E-state index contributed by atoms with van der Waals surface area (Å²) in [5.74, 6) is -0.603. The van der Waals surface area contributed by atoms with E-state index < -0.39 is 6.10 Å². The maximum Gasteiger partial charge on any atom is 0.307 e. The topological polar surface area (TPSA) is 84.9 Å². The van der Waals surface area contributed by atoms with Crippen molar-refractivity contribution in [2.45, 2.75) is 39.2 Å². The van der Waals surface area contributed by atoms with Crippen LogP contribution in [0.25, 0.3) is 0 Å². The lowest BCUT2D eigenvalue weighted by Crippen LogP contribution is -2.44. The van der Waals surface area contributed by atoms with Gasteiger partial charge in [-0.3, -0.25) is 14.4 Å². The minimum absolute atomic E-state index is 0.123. The average molecular weight is 300 g/mol. The Morgan fingerprint density at radius 2 is 2.10 bits per heavy atom. The van der Waals surface area contributed by atoms with Crippen LogP contribution in [0, 0.1) is 0 Å². The Morgan fingerprint density at radius 1 is 1.33 bits per heavy atom. The number of hydrogen-bond acceptors (Lipinski definition) is 5. The van der Waals surface area contributed by atoms with E-state index >= 15 is 0 Å². The molecule has 1 aliphatic heterocycles. The average Bonchev–Trinajstić information content (AvgIpc) is 2.95. The van der Waals surface area contributed by atoms with E-state index in [4.69, 9.17) is 9.47 Å². The van der Waals surface area contributed by atoms with Crippen molar-refractivity contribution in [3.05, 3.63) is 0 Å². The first kappa shape index (κ1) is 17.4. The Bertz CT molecular complexity index is 366. The second-order valence-electron chi connectivity index (χ2n) is 4.86. The third-order valence-corrected chi connectivity index (χ3v) is 3.16. The molecule has 21 heavy (non-hydrogen) atoms. The molecule has 1 atom stereocenters. The van der Waals surface area contributed by atoms with E-state index in [9.17, 15) is 14.4 Å². The van der Waals surface area contributed by atoms with Gasteiger partial charge in [-0.25, -0.2) is 0 Å². The van der Waals surface area contributed by atoms with Crippen LogP contribution < -0.4 is 5.32 Å². The Labute approximate surface area is 124 Å². The minimum atomic E-state index is -0.426. The van der Waals surface area contributed by atoms with Crippen molar-refractivity contribution >= 4 is 17.8 Å². The number of esters is 1. The van der Waals surface area contributed by atoms with Crippen LogP contribution in [0.5, 0.6) is 0 Å². The summed E-state index contributed by atoms with van der Waals surface area (Å²) in [5, 5.41) is 2.64. The standard InChI is InChI=1S/C14H24N2O5/c1-3-20-13(18)6-8-16(9-7-15-11(2)17)14(19)12-5-4-10-21-12/h12H,3-10H2,1-2H3,(H,15,17). The molecule has 7 heteroatoms. The molecule has 0 saturated carbocycles. The van der Waals surface area contributed by atoms with Gasteiger partial charge in [0.1, 0.15) is 6.10 Å². The minimum Gasteiger partial charge on any atom is -0.466 e. The molecule has 1 rings (SSSR count). The molecule has 120 valence electrons. The van der Waals surface area contributed by atoms with Crippen LogP contribution >= 0.6 is 0 Å². The molecule has 0 aliphatic carbocycles. The quantitative estimate of drug-likeness (QED) is 0.642. The van der Waals surface area contributed by atoms with Gasteiger partial charge >= 0.3 is 5.97 Å². The normalized spacial score (nSPS) is 17.3. The van der Waals surface area contributed by atoms with Gasteiger partial charge in [-0.05, 0) is 19.8 Å². The Hall–Kier alpha value is -1.63. The molecule has 0 spiro atoms. The molecule has 0 bridgehead atoms. The van der Waals surface area contributed by atoms with Gasteiger partial charge < -0.3 is 19.7 Å². The highest BCUT2D eigenvalue weighted by Gasteiger charge is 2.28. The summed E-state index contributed by atoms with van der Waals surface area (Å²) in [7, 11) is 0. The lowest BCUT2D eigenvalue weighted by atomic mass is 10.2. The molecule has 0 aromatic heterocycles. The third-order valence-electron chi connectivity index (χ3n) is 3.16. The van der Waals surface area contributed by atoms with Crippen molar-refractivity contribution in [3.63, 3.8) is 0 Å². The smallest absolute Gasteiger partial charge is 0.307 e. The number of amides is 2. The molecule has 1 unspecified atom stereocenters. The number of carbonyl (C=O) groups is 3. The lowest BCUT2D eigenvalue weighted by molar-refractivity contribution is -0.146. The maximum atomic E-state index is 12.3. The van der Waals surface area contributed by atoms with Crippen LogP contribution in [0.3, 0.4) is 0 Å². The summed E-state index contributed by atoms with van der Waals surface area (Å²) in [6.45, 7) is 5.07. The van der Waals surface area contributed by atoms with Crippen molar-refractivity contribution in [2.24, 2.45) is 0 Å². The van der Waals surface area contributed by atoms with Gasteiger partial charge in [0.15, 0.2) is 0 Å². The number of ether oxygens (including phenoxy) is 2. The zero-order chi connectivity index (χ0) is 15.7. The fourth-order valence-corrected chi connectivity index (χ4v) is 2.13. The van der Waals surface area contributed by atoms with E-state index in [2.05, 4.69) is 5.32 Å². The number of nitrogens with one attached hydrogen (secondary N) is 1. The van der Waals surface area contributed by atoms with Crippen molar-refractivity contribution in [1.29, 1.82) is 0 Å². The van der Waals surface area contributed by atoms with E-state index in [1.165, 1.54) is 6.92 Å². The zero-order valence-corrected chi connectivity index (χ0v) is 12.7. The summed E-state index contributed by atoms with van der Waals surface area (Å²) in [4.78, 5) is 36.2. The van der Waals surface area contributed by atoms with Crippen molar-refractivity contribution < 1.29 is 23.9 Å². The number of carbonyl (C=O) groups excluding carboxylic acids is 3. The van der Waals surface area contributed by atoms with Crippen molar-refractivity contribution in [2.75, 3.05) is 32.8 Å². The van der Waals surface area contributed by atoms with Gasteiger partial charge in [-0.2, -0.15) is 0 Å². The first-order valence-corrected chi connectivity index (χ1v) is 7.35. The highest BCUT2D eigenvalue weighted by molar-refractivity contribution is 5.82. The van der Waals surface area contributed by atoms with Gasteiger partial charge in [0.05, 0.1) is 13.0 Å². The molecule has 1 fully saturated rings. The van der Waals surface area contributed by atoms with E-state index in [-0.39, 0.29) is 30.7 Å². The molecule has 0 aromatic rings. The third kappa shape index (κ3) is 6.57. The van der Waals surface area contributed by atoms with E-state index in [0.29, 0.717) is 32.7 Å². The molecule has 1 N–H and O–H groups in total. The first-order chi connectivity index (χ1) is 10.0. The SMILES string of the molecule is CCOC(=O)CCN(CCNC(C)=O)C(=O)C1CCCO1. The summed E-state index contributed by atoms with van der Waals surface area (Å²) < 4.78 is 10.2. The predicted molar refractivity (Wildman–Crippen MR) is 75.5 cm³/mol. The predicted octanol–water partition coefficient (Wildman–Crippen LogP) is 0.0833.